The number of rotatable bonds is 8. The Kier molecular flexibility index (Phi) is 6.27. The van der Waals surface area contributed by atoms with Gasteiger partial charge in [0.25, 0.3) is 0 Å². The monoisotopic (exact) mass is 412 g/mol. The number of ether oxygens (including phenoxy) is 2. The van der Waals surface area contributed by atoms with E-state index >= 15 is 0 Å². The highest BCUT2D eigenvalue weighted by Crippen LogP contribution is 2.28. The van der Waals surface area contributed by atoms with E-state index in [9.17, 15) is 4.79 Å². The molecule has 30 heavy (non-hydrogen) atoms. The number of hydrogen-bond acceptors (Lipinski definition) is 7. The molecular formula is C21H28N6O3. The third-order valence-corrected chi connectivity index (χ3v) is 5.57. The summed E-state index contributed by atoms with van der Waals surface area (Å²) in [5.74, 6) is 0.822. The fourth-order valence-electron chi connectivity index (χ4n) is 3.99. The van der Waals surface area contributed by atoms with Crippen LogP contribution in [0.5, 0.6) is 0 Å². The van der Waals surface area contributed by atoms with Crippen LogP contribution in [-0.4, -0.2) is 50.1 Å². The second kappa shape index (κ2) is 9.25. The number of esters is 1. The third kappa shape index (κ3) is 4.79. The first-order valence-electron chi connectivity index (χ1n) is 10.4. The minimum Gasteiger partial charge on any atom is -0.465 e. The van der Waals surface area contributed by atoms with E-state index in [2.05, 4.69) is 32.2 Å². The van der Waals surface area contributed by atoms with Gasteiger partial charge in [-0.3, -0.25) is 9.48 Å². The lowest BCUT2D eigenvalue weighted by atomic mass is 9.87. The summed E-state index contributed by atoms with van der Waals surface area (Å²) < 4.78 is 14.2. The van der Waals surface area contributed by atoms with E-state index in [1.807, 2.05) is 6.20 Å². The number of nitrogens with zero attached hydrogens (tertiary/aromatic N) is 5. The summed E-state index contributed by atoms with van der Waals surface area (Å²) in [4.78, 5) is 20.7. The Bertz CT molecular complexity index is 990. The Morgan fingerprint density at radius 3 is 2.87 bits per heavy atom. The predicted octanol–water partition coefficient (Wildman–Crippen LogP) is 3.14. The van der Waals surface area contributed by atoms with Crippen molar-refractivity contribution in [2.45, 2.75) is 51.8 Å². The number of carbonyl (C=O) groups excluding carboxylic acids is 1. The van der Waals surface area contributed by atoms with Crippen LogP contribution in [0.2, 0.25) is 0 Å². The van der Waals surface area contributed by atoms with Gasteiger partial charge in [0, 0.05) is 37.6 Å². The van der Waals surface area contributed by atoms with Gasteiger partial charge < -0.3 is 19.4 Å². The molecule has 3 heterocycles. The molecule has 0 bridgehead atoms. The molecule has 1 aliphatic rings. The van der Waals surface area contributed by atoms with E-state index in [-0.39, 0.29) is 12.5 Å². The van der Waals surface area contributed by atoms with Gasteiger partial charge in [-0.25, -0.2) is 4.98 Å². The normalized spacial score (nSPS) is 19.1. The van der Waals surface area contributed by atoms with Crippen LogP contribution in [0.1, 0.15) is 32.6 Å². The molecule has 0 aromatic carbocycles. The minimum absolute atomic E-state index is 0.0730. The largest absolute Gasteiger partial charge is 0.465 e. The zero-order valence-corrected chi connectivity index (χ0v) is 17.5. The van der Waals surface area contributed by atoms with E-state index in [1.165, 1.54) is 17.5 Å². The van der Waals surface area contributed by atoms with E-state index in [0.29, 0.717) is 24.6 Å². The maximum atomic E-state index is 11.6. The molecule has 0 radical (unpaired) electrons. The van der Waals surface area contributed by atoms with Crippen LogP contribution in [0.25, 0.3) is 11.0 Å². The molecule has 0 amide bonds. The zero-order chi connectivity index (χ0) is 20.9. The van der Waals surface area contributed by atoms with Crippen LogP contribution in [0.3, 0.4) is 0 Å². The number of anilines is 2. The van der Waals surface area contributed by atoms with Crippen LogP contribution in [0.15, 0.2) is 30.9 Å². The Hall–Kier alpha value is -2.94. The Labute approximate surface area is 175 Å². The van der Waals surface area contributed by atoms with Crippen molar-refractivity contribution in [2.75, 3.05) is 19.0 Å². The molecule has 3 aromatic rings. The molecule has 0 spiro atoms. The Morgan fingerprint density at radius 1 is 1.27 bits per heavy atom. The predicted molar refractivity (Wildman–Crippen MR) is 112 cm³/mol. The highest BCUT2D eigenvalue weighted by molar-refractivity contribution is 5.76. The number of nitrogens with one attached hydrogen (secondary N) is 1. The second-order valence-electron chi connectivity index (χ2n) is 7.68. The molecule has 9 heteroatoms. The second-order valence-corrected chi connectivity index (χ2v) is 7.68. The quantitative estimate of drug-likeness (QED) is 0.568. The lowest BCUT2D eigenvalue weighted by Crippen LogP contribution is -2.23. The summed E-state index contributed by atoms with van der Waals surface area (Å²) in [6.45, 7) is 3.16. The van der Waals surface area contributed by atoms with Crippen molar-refractivity contribution in [3.05, 3.63) is 30.9 Å². The van der Waals surface area contributed by atoms with Crippen LogP contribution in [0.4, 0.5) is 11.6 Å². The molecule has 9 nitrogen and oxygen atoms in total. The van der Waals surface area contributed by atoms with Gasteiger partial charge in [0.2, 0.25) is 5.95 Å². The lowest BCUT2D eigenvalue weighted by molar-refractivity contribution is -0.144. The van der Waals surface area contributed by atoms with Crippen molar-refractivity contribution in [3.8, 4) is 0 Å². The summed E-state index contributed by atoms with van der Waals surface area (Å²) in [7, 11) is 1.80. The molecule has 0 unspecified atom stereocenters. The van der Waals surface area contributed by atoms with Gasteiger partial charge in [-0.15, -0.1) is 0 Å². The Morgan fingerprint density at radius 2 is 2.10 bits per heavy atom. The summed E-state index contributed by atoms with van der Waals surface area (Å²) >= 11 is 0. The van der Waals surface area contributed by atoms with Crippen LogP contribution < -0.4 is 5.32 Å². The molecule has 0 saturated heterocycles. The van der Waals surface area contributed by atoms with E-state index < -0.39 is 0 Å². The highest BCUT2D eigenvalue weighted by Gasteiger charge is 2.21. The molecule has 3 aromatic heterocycles. The molecule has 1 saturated carbocycles. The van der Waals surface area contributed by atoms with E-state index in [1.54, 1.807) is 26.4 Å². The number of hydrogen-bond donors (Lipinski definition) is 1. The van der Waals surface area contributed by atoms with Crippen LogP contribution >= 0.6 is 0 Å². The maximum Gasteiger partial charge on any atom is 0.327 e. The fourth-order valence-corrected chi connectivity index (χ4v) is 3.99. The summed E-state index contributed by atoms with van der Waals surface area (Å²) in [5.41, 5.74) is 1.63. The van der Waals surface area contributed by atoms with Crippen molar-refractivity contribution in [1.82, 2.24) is 24.3 Å². The van der Waals surface area contributed by atoms with Crippen molar-refractivity contribution >= 4 is 28.6 Å². The SMILES string of the molecule is CCOC(=O)Cn1cc(Nc2ncc3ccn(C[C@H]4CC[C@H](OC)CC4)c3n2)cn1. The summed E-state index contributed by atoms with van der Waals surface area (Å²) in [6, 6.07) is 2.05. The third-order valence-electron chi connectivity index (χ3n) is 5.57. The van der Waals surface area contributed by atoms with Crippen molar-refractivity contribution in [1.29, 1.82) is 0 Å². The molecule has 160 valence electrons. The smallest absolute Gasteiger partial charge is 0.327 e. The molecule has 0 aliphatic heterocycles. The minimum atomic E-state index is -0.317. The molecule has 1 aliphatic carbocycles. The lowest BCUT2D eigenvalue weighted by Gasteiger charge is -2.27. The van der Waals surface area contributed by atoms with Crippen molar-refractivity contribution < 1.29 is 14.3 Å². The standard InChI is InChI=1S/C21H28N6O3/c1-3-30-19(28)14-27-13-17(11-23-27)24-21-22-10-16-8-9-26(20(16)25-21)12-15-4-6-18(29-2)7-5-15/h8-11,13,15,18H,3-7,12,14H2,1-2H3,(H,22,24,25)/t15-,18-. The first kappa shape index (κ1) is 20.3. The van der Waals surface area contributed by atoms with Gasteiger partial charge >= 0.3 is 5.97 Å². The number of aromatic nitrogens is 5. The summed E-state index contributed by atoms with van der Waals surface area (Å²) in [5, 5.41) is 8.36. The van der Waals surface area contributed by atoms with Crippen LogP contribution in [0, 0.1) is 5.92 Å². The maximum absolute atomic E-state index is 11.6. The van der Waals surface area contributed by atoms with Gasteiger partial charge in [0.15, 0.2) is 0 Å². The highest BCUT2D eigenvalue weighted by atomic mass is 16.5. The zero-order valence-electron chi connectivity index (χ0n) is 17.5. The van der Waals surface area contributed by atoms with Gasteiger partial charge in [-0.1, -0.05) is 0 Å². The Balaban J connectivity index is 1.43. The average molecular weight is 412 g/mol. The molecule has 4 rings (SSSR count). The first-order chi connectivity index (χ1) is 14.6. The summed E-state index contributed by atoms with van der Waals surface area (Å²) in [6.07, 6.45) is 12.3. The average Bonchev–Trinajstić information content (AvgIpc) is 3.35. The van der Waals surface area contributed by atoms with Crippen LogP contribution in [-0.2, 0) is 27.4 Å². The molecule has 0 atom stereocenters. The fraction of sp³-hybridized carbons (Fsp3) is 0.524. The number of carbonyl (C=O) groups is 1. The van der Waals surface area contributed by atoms with Crippen molar-refractivity contribution in [2.24, 2.45) is 5.92 Å². The number of fused-ring (bicyclic) bond motifs is 1. The van der Waals surface area contributed by atoms with Gasteiger partial charge in [-0.2, -0.15) is 10.1 Å². The van der Waals surface area contributed by atoms with Gasteiger partial charge in [0.1, 0.15) is 12.2 Å². The van der Waals surface area contributed by atoms with E-state index in [4.69, 9.17) is 14.5 Å². The number of methoxy groups -OCH3 is 1. The molecular weight excluding hydrogens is 384 g/mol. The topological polar surface area (TPSA) is 96.1 Å². The molecule has 1 fully saturated rings. The van der Waals surface area contributed by atoms with Gasteiger partial charge in [0.05, 0.1) is 24.6 Å². The van der Waals surface area contributed by atoms with Gasteiger partial charge in [-0.05, 0) is 44.6 Å². The van der Waals surface area contributed by atoms with Crippen molar-refractivity contribution in [3.63, 3.8) is 0 Å². The molecule has 1 N–H and O–H groups in total. The van der Waals surface area contributed by atoms with E-state index in [0.717, 1.165) is 36.1 Å². The first-order valence-corrected chi connectivity index (χ1v) is 10.4.